The van der Waals surface area contributed by atoms with Gasteiger partial charge >= 0.3 is 10.3 Å². The fourth-order valence-corrected chi connectivity index (χ4v) is 0.868. The van der Waals surface area contributed by atoms with Gasteiger partial charge in [0.1, 0.15) is 0 Å². The molecular formula is C3H8BrNO4S. The summed E-state index contributed by atoms with van der Waals surface area (Å²) in [7, 11) is -3.91. The smallest absolute Gasteiger partial charge is 0.300 e. The van der Waals surface area contributed by atoms with Crippen molar-refractivity contribution >= 4 is 26.2 Å². The van der Waals surface area contributed by atoms with Crippen molar-refractivity contribution in [3.63, 3.8) is 0 Å². The van der Waals surface area contributed by atoms with Crippen LogP contribution >= 0.6 is 15.9 Å². The molecule has 0 aromatic heterocycles. The van der Waals surface area contributed by atoms with E-state index < -0.39 is 10.3 Å². The zero-order valence-electron chi connectivity index (χ0n) is 5.08. The van der Waals surface area contributed by atoms with Crippen LogP contribution in [0.15, 0.2) is 0 Å². The summed E-state index contributed by atoms with van der Waals surface area (Å²) in [4.78, 5) is 1.03. The number of hydrogen-bond acceptors (Lipinski definition) is 4. The van der Waals surface area contributed by atoms with Crippen LogP contribution in [0.25, 0.3) is 0 Å². The Morgan fingerprint density at radius 1 is 1.60 bits per heavy atom. The van der Waals surface area contributed by atoms with Crippen molar-refractivity contribution < 1.29 is 17.8 Å². The molecule has 0 aliphatic carbocycles. The van der Waals surface area contributed by atoms with E-state index in [2.05, 4.69) is 20.1 Å². The van der Waals surface area contributed by atoms with Crippen molar-refractivity contribution in [1.29, 1.82) is 0 Å². The first-order valence-electron chi connectivity index (χ1n) is 2.48. The van der Waals surface area contributed by atoms with E-state index in [0.29, 0.717) is 11.8 Å². The second kappa shape index (κ2) is 5.03. The lowest BCUT2D eigenvalue weighted by Gasteiger charge is -1.99. The minimum Gasteiger partial charge on any atom is -0.300 e. The third kappa shape index (κ3) is 5.12. The Kier molecular flexibility index (Phi) is 5.18. The standard InChI is InChI=1S/C3H8BrNO4S/c4-2-1-3-9-10(7,8)5-6/h5-6H,1-3H2. The largest absolute Gasteiger partial charge is 0.358 e. The molecule has 10 heavy (non-hydrogen) atoms. The van der Waals surface area contributed by atoms with E-state index in [1.807, 2.05) is 0 Å². The maximum atomic E-state index is 10.3. The summed E-state index contributed by atoms with van der Waals surface area (Å²) in [5.74, 6) is 0. The highest BCUT2D eigenvalue weighted by molar-refractivity contribution is 9.09. The van der Waals surface area contributed by atoms with Crippen LogP contribution < -0.4 is 4.89 Å². The van der Waals surface area contributed by atoms with Gasteiger partial charge in [-0.05, 0) is 6.42 Å². The zero-order valence-corrected chi connectivity index (χ0v) is 7.48. The molecule has 0 bridgehead atoms. The van der Waals surface area contributed by atoms with Crippen LogP contribution in [-0.4, -0.2) is 25.6 Å². The van der Waals surface area contributed by atoms with E-state index in [1.165, 1.54) is 0 Å². The molecule has 0 aromatic rings. The predicted octanol–water partition coefficient (Wildman–Crippen LogP) is 0.0116. The molecule has 0 aliphatic rings. The van der Waals surface area contributed by atoms with E-state index in [0.717, 1.165) is 4.89 Å². The third-order valence-corrected chi connectivity index (χ3v) is 1.89. The molecule has 5 nitrogen and oxygen atoms in total. The average Bonchev–Trinajstić information content (AvgIpc) is 1.89. The molecule has 0 fully saturated rings. The highest BCUT2D eigenvalue weighted by Crippen LogP contribution is 1.91. The minimum atomic E-state index is -3.91. The molecule has 0 heterocycles. The molecule has 0 aromatic carbocycles. The first-order valence-corrected chi connectivity index (χ1v) is 5.01. The topological polar surface area (TPSA) is 75.6 Å². The van der Waals surface area contributed by atoms with Crippen LogP contribution in [0, 0.1) is 0 Å². The van der Waals surface area contributed by atoms with Gasteiger partial charge in [0.2, 0.25) is 0 Å². The van der Waals surface area contributed by atoms with Gasteiger partial charge in [0, 0.05) is 5.33 Å². The fraction of sp³-hybridized carbons (Fsp3) is 1.00. The van der Waals surface area contributed by atoms with E-state index in [9.17, 15) is 8.42 Å². The van der Waals surface area contributed by atoms with Gasteiger partial charge in [-0.3, -0.25) is 4.18 Å². The fourth-order valence-electron chi connectivity index (χ4n) is 0.250. The van der Waals surface area contributed by atoms with Gasteiger partial charge in [0.05, 0.1) is 6.61 Å². The van der Waals surface area contributed by atoms with Crippen molar-refractivity contribution in [3.8, 4) is 0 Å². The maximum absolute atomic E-state index is 10.3. The number of halogens is 1. The van der Waals surface area contributed by atoms with Gasteiger partial charge < -0.3 is 5.21 Å². The molecule has 0 amide bonds. The predicted molar refractivity (Wildman–Crippen MR) is 38.2 cm³/mol. The molecule has 0 atom stereocenters. The van der Waals surface area contributed by atoms with Crippen molar-refractivity contribution in [2.45, 2.75) is 6.42 Å². The van der Waals surface area contributed by atoms with Crippen LogP contribution in [-0.2, 0) is 14.5 Å². The molecule has 0 unspecified atom stereocenters. The summed E-state index contributed by atoms with van der Waals surface area (Å²) < 4.78 is 24.8. The van der Waals surface area contributed by atoms with Crippen LogP contribution in [0.4, 0.5) is 0 Å². The highest BCUT2D eigenvalue weighted by Gasteiger charge is 2.05. The summed E-state index contributed by atoms with van der Waals surface area (Å²) in [6.07, 6.45) is 0.570. The van der Waals surface area contributed by atoms with Crippen molar-refractivity contribution in [2.24, 2.45) is 0 Å². The summed E-state index contributed by atoms with van der Waals surface area (Å²) in [5.41, 5.74) is 0. The Morgan fingerprint density at radius 3 is 2.60 bits per heavy atom. The summed E-state index contributed by atoms with van der Waals surface area (Å²) >= 11 is 3.08. The second-order valence-corrected chi connectivity index (χ2v) is 3.53. The van der Waals surface area contributed by atoms with E-state index in [-0.39, 0.29) is 6.61 Å². The van der Waals surface area contributed by atoms with Gasteiger partial charge in [-0.15, -0.1) is 0 Å². The average molecular weight is 234 g/mol. The molecule has 0 radical (unpaired) electrons. The van der Waals surface area contributed by atoms with Gasteiger partial charge in [-0.25, -0.2) is 0 Å². The van der Waals surface area contributed by atoms with E-state index >= 15 is 0 Å². The summed E-state index contributed by atoms with van der Waals surface area (Å²) in [6, 6.07) is 0. The van der Waals surface area contributed by atoms with Crippen LogP contribution in [0.2, 0.25) is 0 Å². The molecule has 0 aliphatic heterocycles. The van der Waals surface area contributed by atoms with Crippen LogP contribution in [0.1, 0.15) is 6.42 Å². The van der Waals surface area contributed by atoms with Gasteiger partial charge in [-0.2, -0.15) is 8.42 Å². The lowest BCUT2D eigenvalue weighted by molar-refractivity contribution is 0.205. The quantitative estimate of drug-likeness (QED) is 0.399. The number of alkyl halides is 1. The van der Waals surface area contributed by atoms with Crippen molar-refractivity contribution in [2.75, 3.05) is 11.9 Å². The number of nitrogens with one attached hydrogen (secondary N) is 1. The van der Waals surface area contributed by atoms with Crippen LogP contribution in [0.5, 0.6) is 0 Å². The Bertz CT molecular complexity index is 167. The normalized spacial score (nSPS) is 11.8. The van der Waals surface area contributed by atoms with Crippen molar-refractivity contribution in [1.82, 2.24) is 4.89 Å². The summed E-state index contributed by atoms with van der Waals surface area (Å²) in [6.45, 7) is 0.0567. The number of hydrogen-bond donors (Lipinski definition) is 2. The molecule has 0 rings (SSSR count). The van der Waals surface area contributed by atoms with Gasteiger partial charge in [0.15, 0.2) is 0 Å². The Labute approximate surface area is 67.7 Å². The molecule has 0 saturated carbocycles. The molecule has 0 spiro atoms. The van der Waals surface area contributed by atoms with E-state index in [1.54, 1.807) is 0 Å². The van der Waals surface area contributed by atoms with Crippen LogP contribution in [0.3, 0.4) is 0 Å². The zero-order chi connectivity index (χ0) is 8.04. The van der Waals surface area contributed by atoms with Gasteiger partial charge in [0.25, 0.3) is 0 Å². The monoisotopic (exact) mass is 233 g/mol. The molecule has 7 heteroatoms. The molecular weight excluding hydrogens is 226 g/mol. The Hall–Kier alpha value is 0.310. The maximum Gasteiger partial charge on any atom is 0.358 e. The number of rotatable bonds is 5. The first kappa shape index (κ1) is 10.3. The SMILES string of the molecule is O=S(=O)(NO)OCCCBr. The lowest BCUT2D eigenvalue weighted by Crippen LogP contribution is -2.22. The van der Waals surface area contributed by atoms with Crippen molar-refractivity contribution in [3.05, 3.63) is 0 Å². The Morgan fingerprint density at radius 2 is 2.20 bits per heavy atom. The minimum absolute atomic E-state index is 0.0567. The Balaban J connectivity index is 3.49. The van der Waals surface area contributed by atoms with E-state index in [4.69, 9.17) is 5.21 Å². The second-order valence-electron chi connectivity index (χ2n) is 1.41. The first-order chi connectivity index (χ1) is 4.62. The molecule has 2 N–H and O–H groups in total. The summed E-state index contributed by atoms with van der Waals surface area (Å²) in [5, 5.41) is 8.58. The third-order valence-electron chi connectivity index (χ3n) is 0.628. The highest BCUT2D eigenvalue weighted by atomic mass is 79.9. The van der Waals surface area contributed by atoms with Gasteiger partial charge in [-0.1, -0.05) is 20.8 Å². The lowest BCUT2D eigenvalue weighted by atomic mass is 10.5. The molecule has 0 saturated heterocycles. The molecule has 62 valence electrons.